The number of non-ortho nitro benzene ring substituents is 1. The lowest BCUT2D eigenvalue weighted by Gasteiger charge is -2.09. The lowest BCUT2D eigenvalue weighted by molar-refractivity contribution is -0.384. The van der Waals surface area contributed by atoms with Crippen LogP contribution in [-0.4, -0.2) is 17.5 Å². The van der Waals surface area contributed by atoms with Crippen LogP contribution in [0.25, 0.3) is 6.08 Å². The molecule has 0 fully saturated rings. The fourth-order valence-electron chi connectivity index (χ4n) is 1.81. The molecule has 0 aromatic heterocycles. The van der Waals surface area contributed by atoms with Gasteiger partial charge in [0.1, 0.15) is 5.75 Å². The number of hydrogen-bond donors (Lipinski definition) is 0. The van der Waals surface area contributed by atoms with Crippen molar-refractivity contribution in [2.24, 2.45) is 0 Å². The first-order chi connectivity index (χ1) is 11.5. The van der Waals surface area contributed by atoms with Crippen molar-refractivity contribution >= 4 is 33.7 Å². The summed E-state index contributed by atoms with van der Waals surface area (Å²) >= 11 is 3.32. The van der Waals surface area contributed by atoms with Crippen LogP contribution in [0.2, 0.25) is 0 Å². The summed E-state index contributed by atoms with van der Waals surface area (Å²) in [5.41, 5.74) is 0.555. The van der Waals surface area contributed by atoms with E-state index in [4.69, 9.17) is 9.47 Å². The van der Waals surface area contributed by atoms with Crippen molar-refractivity contribution in [2.75, 3.05) is 6.61 Å². The summed E-state index contributed by atoms with van der Waals surface area (Å²) < 4.78 is 11.5. The number of rotatable bonds is 6. The monoisotopic (exact) mass is 391 g/mol. The lowest BCUT2D eigenvalue weighted by atomic mass is 10.2. The van der Waals surface area contributed by atoms with Crippen LogP contribution in [0.4, 0.5) is 5.69 Å². The highest BCUT2D eigenvalue weighted by atomic mass is 79.9. The quantitative estimate of drug-likeness (QED) is 0.240. The maximum Gasteiger partial charge on any atom is 0.374 e. The topological polar surface area (TPSA) is 78.7 Å². The van der Waals surface area contributed by atoms with Crippen molar-refractivity contribution in [3.05, 3.63) is 74.4 Å². The molecule has 124 valence electrons. The first-order valence-electron chi connectivity index (χ1n) is 7.06. The minimum absolute atomic E-state index is 0.00646. The number of hydrogen-bond acceptors (Lipinski definition) is 5. The molecule has 0 unspecified atom stereocenters. The van der Waals surface area contributed by atoms with Gasteiger partial charge in [-0.15, -0.1) is 0 Å². The van der Waals surface area contributed by atoms with Gasteiger partial charge < -0.3 is 9.47 Å². The molecule has 0 radical (unpaired) electrons. The Bertz CT molecular complexity index is 754. The van der Waals surface area contributed by atoms with Crippen LogP contribution >= 0.6 is 15.9 Å². The largest absolute Gasteiger partial charge is 0.460 e. The van der Waals surface area contributed by atoms with Crippen molar-refractivity contribution in [3.8, 4) is 5.75 Å². The van der Waals surface area contributed by atoms with Crippen LogP contribution in [0.5, 0.6) is 5.75 Å². The second kappa shape index (κ2) is 8.26. The van der Waals surface area contributed by atoms with Crippen molar-refractivity contribution in [1.82, 2.24) is 0 Å². The van der Waals surface area contributed by atoms with Gasteiger partial charge in [-0.05, 0) is 55.0 Å². The lowest BCUT2D eigenvalue weighted by Crippen LogP contribution is -2.12. The molecule has 0 spiro atoms. The first kappa shape index (κ1) is 17.7. The summed E-state index contributed by atoms with van der Waals surface area (Å²) in [6, 6.07) is 12.7. The van der Waals surface area contributed by atoms with Crippen LogP contribution in [0.3, 0.4) is 0 Å². The van der Waals surface area contributed by atoms with Gasteiger partial charge in [-0.2, -0.15) is 0 Å². The summed E-state index contributed by atoms with van der Waals surface area (Å²) in [5.74, 6) is -0.147. The van der Waals surface area contributed by atoms with E-state index in [2.05, 4.69) is 15.9 Å². The summed E-state index contributed by atoms with van der Waals surface area (Å²) in [7, 11) is 0. The Hall–Kier alpha value is -2.67. The molecule has 0 heterocycles. The molecular formula is C17H14BrNO5. The van der Waals surface area contributed by atoms with E-state index in [1.54, 1.807) is 31.2 Å². The average molecular weight is 392 g/mol. The normalized spacial score (nSPS) is 11.0. The van der Waals surface area contributed by atoms with Crippen LogP contribution in [-0.2, 0) is 9.53 Å². The van der Waals surface area contributed by atoms with E-state index in [9.17, 15) is 14.9 Å². The number of nitro benzene ring substituents is 1. The van der Waals surface area contributed by atoms with Gasteiger partial charge in [0.25, 0.3) is 5.69 Å². The highest BCUT2D eigenvalue weighted by molar-refractivity contribution is 9.10. The summed E-state index contributed by atoms with van der Waals surface area (Å²) in [6.45, 7) is 1.90. The molecule has 7 heteroatoms. The van der Waals surface area contributed by atoms with Crippen molar-refractivity contribution in [3.63, 3.8) is 0 Å². The molecular weight excluding hydrogens is 378 g/mol. The number of esters is 1. The molecule has 6 nitrogen and oxygen atoms in total. The van der Waals surface area contributed by atoms with Crippen molar-refractivity contribution in [1.29, 1.82) is 0 Å². The summed E-state index contributed by atoms with van der Waals surface area (Å²) in [4.78, 5) is 22.3. The van der Waals surface area contributed by atoms with E-state index in [1.165, 1.54) is 30.3 Å². The molecule has 0 N–H and O–H groups in total. The maximum absolute atomic E-state index is 12.1. The van der Waals surface area contributed by atoms with Crippen LogP contribution in [0.15, 0.2) is 58.8 Å². The van der Waals surface area contributed by atoms with Crippen molar-refractivity contribution < 1.29 is 19.2 Å². The summed E-state index contributed by atoms with van der Waals surface area (Å²) in [6.07, 6.45) is 1.48. The molecule has 2 aromatic carbocycles. The highest BCUT2D eigenvalue weighted by Gasteiger charge is 2.14. The number of carbonyl (C=O) groups is 1. The van der Waals surface area contributed by atoms with Gasteiger partial charge in [0.05, 0.1) is 11.5 Å². The Morgan fingerprint density at radius 2 is 1.79 bits per heavy atom. The SMILES string of the molecule is CCOC(=O)/C(=C/c1ccc([N+](=O)[O-])cc1)Oc1ccc(Br)cc1. The Labute approximate surface area is 147 Å². The third-order valence-corrected chi connectivity index (χ3v) is 3.45. The highest BCUT2D eigenvalue weighted by Crippen LogP contribution is 2.21. The fraction of sp³-hybridized carbons (Fsp3) is 0.118. The average Bonchev–Trinajstić information content (AvgIpc) is 2.57. The van der Waals surface area contributed by atoms with E-state index in [0.29, 0.717) is 11.3 Å². The third kappa shape index (κ3) is 4.92. The zero-order chi connectivity index (χ0) is 17.5. The van der Waals surface area contributed by atoms with Gasteiger partial charge in [0, 0.05) is 16.6 Å². The third-order valence-electron chi connectivity index (χ3n) is 2.92. The number of benzene rings is 2. The number of nitro groups is 1. The predicted molar refractivity (Wildman–Crippen MR) is 92.5 cm³/mol. The first-order valence-corrected chi connectivity index (χ1v) is 7.85. The van der Waals surface area contributed by atoms with Gasteiger partial charge in [0.2, 0.25) is 5.76 Å². The Balaban J connectivity index is 2.28. The van der Waals surface area contributed by atoms with Gasteiger partial charge in [0.15, 0.2) is 0 Å². The van der Waals surface area contributed by atoms with Crippen LogP contribution in [0.1, 0.15) is 12.5 Å². The fourth-order valence-corrected chi connectivity index (χ4v) is 2.07. The molecule has 0 bridgehead atoms. The van der Waals surface area contributed by atoms with Crippen LogP contribution < -0.4 is 4.74 Å². The molecule has 0 aliphatic rings. The molecule has 0 saturated carbocycles. The Morgan fingerprint density at radius 1 is 1.17 bits per heavy atom. The summed E-state index contributed by atoms with van der Waals surface area (Å²) in [5, 5.41) is 10.7. The molecule has 24 heavy (non-hydrogen) atoms. The predicted octanol–water partition coefficient (Wildman–Crippen LogP) is 4.34. The Kier molecular flexibility index (Phi) is 6.08. The molecule has 0 atom stereocenters. The number of ether oxygens (including phenoxy) is 2. The van der Waals surface area contributed by atoms with E-state index in [0.717, 1.165) is 4.47 Å². The van der Waals surface area contributed by atoms with E-state index >= 15 is 0 Å². The van der Waals surface area contributed by atoms with Gasteiger partial charge in [-0.25, -0.2) is 4.79 Å². The Morgan fingerprint density at radius 3 is 2.33 bits per heavy atom. The van der Waals surface area contributed by atoms with Gasteiger partial charge in [-0.1, -0.05) is 15.9 Å². The van der Waals surface area contributed by atoms with E-state index in [1.807, 2.05) is 0 Å². The minimum atomic E-state index is -0.612. The molecule has 2 aromatic rings. The molecule has 2 rings (SSSR count). The zero-order valence-corrected chi connectivity index (χ0v) is 14.4. The number of halogens is 1. The standard InChI is InChI=1S/C17H14BrNO5/c1-2-23-17(20)16(24-15-9-5-13(18)6-10-15)11-12-3-7-14(8-4-12)19(21)22/h3-11H,2H2,1H3/b16-11-. The molecule has 0 aliphatic heterocycles. The second-order valence-electron chi connectivity index (χ2n) is 4.63. The maximum atomic E-state index is 12.1. The zero-order valence-electron chi connectivity index (χ0n) is 12.8. The van der Waals surface area contributed by atoms with E-state index in [-0.39, 0.29) is 18.1 Å². The van der Waals surface area contributed by atoms with Crippen LogP contribution in [0, 0.1) is 10.1 Å². The molecule has 0 saturated heterocycles. The number of carbonyl (C=O) groups excluding carboxylic acids is 1. The van der Waals surface area contributed by atoms with E-state index < -0.39 is 10.9 Å². The smallest absolute Gasteiger partial charge is 0.374 e. The number of nitrogens with zero attached hydrogens (tertiary/aromatic N) is 1. The molecule has 0 aliphatic carbocycles. The van der Waals surface area contributed by atoms with Gasteiger partial charge >= 0.3 is 5.97 Å². The second-order valence-corrected chi connectivity index (χ2v) is 5.55. The van der Waals surface area contributed by atoms with Crippen molar-refractivity contribution in [2.45, 2.75) is 6.92 Å². The minimum Gasteiger partial charge on any atom is -0.460 e. The molecule has 0 amide bonds. The van der Waals surface area contributed by atoms with Gasteiger partial charge in [-0.3, -0.25) is 10.1 Å².